The summed E-state index contributed by atoms with van der Waals surface area (Å²) in [5.74, 6) is -1.03. The van der Waals surface area contributed by atoms with Crippen molar-refractivity contribution >= 4 is 11.7 Å². The number of piperazine rings is 2. The second-order valence-corrected chi connectivity index (χ2v) is 7.78. The highest BCUT2D eigenvalue weighted by atomic mass is 19.4. The number of fused-ring (bicyclic) bond motifs is 1. The van der Waals surface area contributed by atoms with Gasteiger partial charge in [0, 0.05) is 38.2 Å². The monoisotopic (exact) mass is 397 g/mol. The zero-order valence-corrected chi connectivity index (χ0v) is 15.4. The molecule has 3 heterocycles. The van der Waals surface area contributed by atoms with Gasteiger partial charge in [0.2, 0.25) is 5.91 Å². The van der Waals surface area contributed by atoms with E-state index < -0.39 is 18.1 Å². The molecule has 1 aromatic rings. The first kappa shape index (κ1) is 19.1. The van der Waals surface area contributed by atoms with E-state index in [4.69, 9.17) is 9.78 Å². The Bertz CT molecular complexity index is 774. The number of hydrogen-bond donors (Lipinski definition) is 0. The Balaban J connectivity index is 1.47. The molecule has 0 radical (unpaired) electrons. The normalized spacial score (nSPS) is 29.5. The lowest BCUT2D eigenvalue weighted by atomic mass is 9.80. The Hall–Kier alpha value is -2.28. The molecule has 0 spiro atoms. The van der Waals surface area contributed by atoms with Gasteiger partial charge < -0.3 is 9.42 Å². The molecule has 1 aromatic heterocycles. The van der Waals surface area contributed by atoms with Crippen molar-refractivity contribution in [1.82, 2.24) is 15.0 Å². The molecule has 7 nitrogen and oxygen atoms in total. The lowest BCUT2D eigenvalue weighted by molar-refractivity contribution is -0.183. The number of carbonyl (C=O) groups excluding carboxylic acids is 1. The molecule has 152 valence electrons. The minimum absolute atomic E-state index is 0.000385. The molecule has 1 amide bonds. The van der Waals surface area contributed by atoms with E-state index >= 15 is 0 Å². The van der Waals surface area contributed by atoms with Crippen LogP contribution in [0.25, 0.3) is 0 Å². The smallest absolute Gasteiger partial charge is 0.359 e. The molecule has 3 atom stereocenters. The third-order valence-corrected chi connectivity index (χ3v) is 6.13. The maximum Gasteiger partial charge on any atom is 0.391 e. The maximum atomic E-state index is 13.1. The van der Waals surface area contributed by atoms with Crippen LogP contribution in [0.5, 0.6) is 0 Å². The number of rotatable bonds is 2. The zero-order valence-electron chi connectivity index (χ0n) is 15.4. The second-order valence-electron chi connectivity index (χ2n) is 7.78. The molecule has 3 aliphatic rings. The van der Waals surface area contributed by atoms with Gasteiger partial charge in [0.25, 0.3) is 0 Å². The van der Waals surface area contributed by atoms with Crippen molar-refractivity contribution in [3.63, 3.8) is 0 Å². The average Bonchev–Trinajstić information content (AvgIpc) is 3.17. The minimum atomic E-state index is -4.19. The van der Waals surface area contributed by atoms with E-state index in [0.29, 0.717) is 57.1 Å². The van der Waals surface area contributed by atoms with Gasteiger partial charge in [-0.3, -0.25) is 14.6 Å². The molecule has 28 heavy (non-hydrogen) atoms. The molecule has 4 rings (SSSR count). The Morgan fingerprint density at radius 1 is 1.21 bits per heavy atom. The molecule has 2 unspecified atom stereocenters. The summed E-state index contributed by atoms with van der Waals surface area (Å²) < 4.78 is 44.6. The van der Waals surface area contributed by atoms with Gasteiger partial charge in [-0.1, -0.05) is 11.6 Å². The summed E-state index contributed by atoms with van der Waals surface area (Å²) in [5, 5.41) is 13.1. The standard InChI is InChI=1S/C18H22F3N5O2/c19-18(20,21)13-3-1-2-12(8-13)15-9-16(23-28-15)26-7-6-25-5-4-24(11-22)10-14(25)17(26)27/h9,12-14H,1-8,10H2/t12?,13?,14-/m1/s1. The van der Waals surface area contributed by atoms with Gasteiger partial charge in [-0.2, -0.15) is 18.4 Å². The highest BCUT2D eigenvalue weighted by Gasteiger charge is 2.44. The van der Waals surface area contributed by atoms with Gasteiger partial charge in [-0.05, 0) is 19.3 Å². The lowest BCUT2D eigenvalue weighted by Crippen LogP contribution is -2.64. The number of hydrogen-bond acceptors (Lipinski definition) is 6. The quantitative estimate of drug-likeness (QED) is 0.713. The van der Waals surface area contributed by atoms with E-state index in [1.165, 1.54) is 4.90 Å². The number of alkyl halides is 3. The van der Waals surface area contributed by atoms with Crippen LogP contribution in [0, 0.1) is 17.4 Å². The summed E-state index contributed by atoms with van der Waals surface area (Å²) in [6, 6.07) is 1.20. The minimum Gasteiger partial charge on any atom is -0.359 e. The molecular weight excluding hydrogens is 375 g/mol. The Morgan fingerprint density at radius 3 is 2.75 bits per heavy atom. The fourth-order valence-electron chi connectivity index (χ4n) is 4.50. The van der Waals surface area contributed by atoms with Crippen LogP contribution in [0.15, 0.2) is 10.6 Å². The van der Waals surface area contributed by atoms with E-state index in [9.17, 15) is 18.0 Å². The van der Waals surface area contributed by atoms with Gasteiger partial charge >= 0.3 is 6.18 Å². The van der Waals surface area contributed by atoms with Crippen molar-refractivity contribution < 1.29 is 22.5 Å². The van der Waals surface area contributed by atoms with Gasteiger partial charge in [0.15, 0.2) is 12.0 Å². The van der Waals surface area contributed by atoms with Crippen LogP contribution >= 0.6 is 0 Å². The molecule has 10 heteroatoms. The molecular formula is C18H22F3N5O2. The third kappa shape index (κ3) is 3.55. The topological polar surface area (TPSA) is 76.6 Å². The summed E-state index contributed by atoms with van der Waals surface area (Å²) in [5.41, 5.74) is 0. The number of carbonyl (C=O) groups is 1. The van der Waals surface area contributed by atoms with Gasteiger partial charge in [-0.15, -0.1) is 0 Å². The van der Waals surface area contributed by atoms with Crippen molar-refractivity contribution in [2.24, 2.45) is 5.92 Å². The summed E-state index contributed by atoms with van der Waals surface area (Å²) >= 11 is 0. The molecule has 0 aromatic carbocycles. The number of amides is 1. The van der Waals surface area contributed by atoms with Crippen LogP contribution in [0.4, 0.5) is 19.0 Å². The van der Waals surface area contributed by atoms with Crippen LogP contribution in [-0.2, 0) is 4.79 Å². The van der Waals surface area contributed by atoms with Crippen LogP contribution in [-0.4, -0.2) is 65.8 Å². The molecule has 0 N–H and O–H groups in total. The average molecular weight is 397 g/mol. The lowest BCUT2D eigenvalue weighted by Gasteiger charge is -2.44. The Labute approximate surface area is 160 Å². The van der Waals surface area contributed by atoms with Crippen LogP contribution in [0.2, 0.25) is 0 Å². The van der Waals surface area contributed by atoms with E-state index in [0.717, 1.165) is 0 Å². The summed E-state index contributed by atoms with van der Waals surface area (Å²) in [6.07, 6.45) is -0.834. The van der Waals surface area contributed by atoms with E-state index in [-0.39, 0.29) is 24.7 Å². The molecule has 2 aliphatic heterocycles. The molecule has 1 saturated carbocycles. The number of aromatic nitrogens is 1. The fraction of sp³-hybridized carbons (Fsp3) is 0.722. The van der Waals surface area contributed by atoms with Gasteiger partial charge in [0.05, 0.1) is 12.5 Å². The van der Waals surface area contributed by atoms with Crippen molar-refractivity contribution in [3.8, 4) is 6.19 Å². The molecule has 0 bridgehead atoms. The molecule has 2 saturated heterocycles. The summed E-state index contributed by atoms with van der Waals surface area (Å²) in [4.78, 5) is 18.1. The first-order valence-electron chi connectivity index (χ1n) is 9.60. The Morgan fingerprint density at radius 2 is 2.00 bits per heavy atom. The highest BCUT2D eigenvalue weighted by Crippen LogP contribution is 2.44. The Kier molecular flexibility index (Phi) is 4.95. The predicted octanol–water partition coefficient (Wildman–Crippen LogP) is 2.32. The van der Waals surface area contributed by atoms with Crippen molar-refractivity contribution in [2.75, 3.05) is 37.6 Å². The van der Waals surface area contributed by atoms with Gasteiger partial charge in [0.1, 0.15) is 11.8 Å². The SMILES string of the molecule is N#CN1CCN2CCN(c3cc(C4CCCC(C(F)(F)F)C4)on3)C(=O)[C@H]2C1. The number of halogens is 3. The first-order valence-corrected chi connectivity index (χ1v) is 9.60. The third-order valence-electron chi connectivity index (χ3n) is 6.13. The molecule has 3 fully saturated rings. The van der Waals surface area contributed by atoms with Crippen molar-refractivity contribution in [1.29, 1.82) is 5.26 Å². The largest absolute Gasteiger partial charge is 0.391 e. The van der Waals surface area contributed by atoms with Crippen LogP contribution in [0.3, 0.4) is 0 Å². The number of nitrogens with zero attached hydrogens (tertiary/aromatic N) is 5. The van der Waals surface area contributed by atoms with Gasteiger partial charge in [-0.25, -0.2) is 0 Å². The second kappa shape index (κ2) is 7.28. The maximum absolute atomic E-state index is 13.1. The predicted molar refractivity (Wildman–Crippen MR) is 92.2 cm³/mol. The van der Waals surface area contributed by atoms with E-state index in [1.54, 1.807) is 11.0 Å². The summed E-state index contributed by atoms with van der Waals surface area (Å²) in [7, 11) is 0. The van der Waals surface area contributed by atoms with E-state index in [1.807, 2.05) is 0 Å². The number of nitriles is 1. The molecule has 1 aliphatic carbocycles. The fourth-order valence-corrected chi connectivity index (χ4v) is 4.50. The van der Waals surface area contributed by atoms with E-state index in [2.05, 4.69) is 16.2 Å². The summed E-state index contributed by atoms with van der Waals surface area (Å²) in [6.45, 7) is 2.72. The zero-order chi connectivity index (χ0) is 19.9. The van der Waals surface area contributed by atoms with Crippen molar-refractivity contribution in [2.45, 2.75) is 43.8 Å². The highest BCUT2D eigenvalue weighted by molar-refractivity contribution is 5.97. The van der Waals surface area contributed by atoms with Crippen LogP contribution < -0.4 is 4.90 Å². The number of anilines is 1. The first-order chi connectivity index (χ1) is 13.4. The van der Waals surface area contributed by atoms with Crippen molar-refractivity contribution in [3.05, 3.63) is 11.8 Å². The van der Waals surface area contributed by atoms with Crippen LogP contribution in [0.1, 0.15) is 37.4 Å².